The quantitative estimate of drug-likeness (QED) is 0.580. The predicted molar refractivity (Wildman–Crippen MR) is 92.7 cm³/mol. The van der Waals surface area contributed by atoms with Gasteiger partial charge in [0.05, 0.1) is 11.2 Å². The Morgan fingerprint density at radius 1 is 1.04 bits per heavy atom. The molecule has 0 unspecified atom stereocenters. The van der Waals surface area contributed by atoms with Gasteiger partial charge in [0, 0.05) is 33.7 Å². The summed E-state index contributed by atoms with van der Waals surface area (Å²) in [5.74, 6) is -0.112. The van der Waals surface area contributed by atoms with Gasteiger partial charge in [-0.15, -0.1) is 0 Å². The summed E-state index contributed by atoms with van der Waals surface area (Å²) in [4.78, 5) is 19.9. The average Bonchev–Trinajstić information content (AvgIpc) is 2.95. The molecule has 4 nitrogen and oxygen atoms in total. The van der Waals surface area contributed by atoms with Gasteiger partial charge in [0.25, 0.3) is 5.91 Å². The maximum atomic E-state index is 12.2. The van der Waals surface area contributed by atoms with Crippen LogP contribution in [0.3, 0.4) is 0 Å². The van der Waals surface area contributed by atoms with Crippen LogP contribution in [-0.4, -0.2) is 15.9 Å². The zero-order valence-corrected chi connectivity index (χ0v) is 12.6. The highest BCUT2D eigenvalue weighted by Gasteiger charge is 2.09. The number of aromatic nitrogens is 2. The van der Waals surface area contributed by atoms with E-state index < -0.39 is 0 Å². The fourth-order valence-corrected chi connectivity index (χ4v) is 2.84. The number of nitrogens with one attached hydrogen (secondary N) is 2. The van der Waals surface area contributed by atoms with Gasteiger partial charge in [0.15, 0.2) is 0 Å². The van der Waals surface area contributed by atoms with Gasteiger partial charge in [0.2, 0.25) is 0 Å². The third kappa shape index (κ3) is 2.34. The van der Waals surface area contributed by atoms with Crippen molar-refractivity contribution in [3.63, 3.8) is 0 Å². The molecule has 0 bridgehead atoms. The number of nitrogens with zero attached hydrogens (tertiary/aromatic N) is 1. The van der Waals surface area contributed by atoms with Crippen molar-refractivity contribution >= 4 is 33.4 Å². The molecular weight excluding hydrogens is 286 g/mol. The second-order valence-corrected chi connectivity index (χ2v) is 5.52. The molecule has 2 N–H and O–H groups in total. The molecule has 4 rings (SSSR count). The van der Waals surface area contributed by atoms with E-state index in [1.807, 2.05) is 55.6 Å². The second-order valence-electron chi connectivity index (χ2n) is 5.52. The summed E-state index contributed by atoms with van der Waals surface area (Å²) in [6.45, 7) is 1.98. The molecule has 0 aliphatic carbocycles. The highest BCUT2D eigenvalue weighted by atomic mass is 16.1. The van der Waals surface area contributed by atoms with Crippen LogP contribution in [-0.2, 0) is 0 Å². The molecule has 0 fully saturated rings. The molecule has 4 heteroatoms. The zero-order chi connectivity index (χ0) is 15.8. The SMILES string of the molecule is Cc1nccc2c1[nH]c1cc(NC(=O)c3ccccc3)ccc12. The van der Waals surface area contributed by atoms with Gasteiger partial charge in [-0.25, -0.2) is 0 Å². The van der Waals surface area contributed by atoms with Gasteiger partial charge in [-0.2, -0.15) is 0 Å². The van der Waals surface area contributed by atoms with E-state index in [4.69, 9.17) is 0 Å². The summed E-state index contributed by atoms with van der Waals surface area (Å²) < 4.78 is 0. The maximum absolute atomic E-state index is 12.2. The Balaban J connectivity index is 1.73. The number of fused-ring (bicyclic) bond motifs is 3. The molecule has 1 amide bonds. The fourth-order valence-electron chi connectivity index (χ4n) is 2.84. The number of pyridine rings is 1. The lowest BCUT2D eigenvalue weighted by Crippen LogP contribution is -2.11. The Morgan fingerprint density at radius 3 is 2.70 bits per heavy atom. The van der Waals surface area contributed by atoms with Crippen LogP contribution >= 0.6 is 0 Å². The normalized spacial score (nSPS) is 11.0. The third-order valence-electron chi connectivity index (χ3n) is 4.00. The molecule has 0 saturated heterocycles. The van der Waals surface area contributed by atoms with E-state index in [2.05, 4.69) is 15.3 Å². The van der Waals surface area contributed by atoms with Crippen molar-refractivity contribution in [2.24, 2.45) is 0 Å². The van der Waals surface area contributed by atoms with E-state index in [0.29, 0.717) is 5.56 Å². The van der Waals surface area contributed by atoms with E-state index in [0.717, 1.165) is 33.2 Å². The van der Waals surface area contributed by atoms with Crippen molar-refractivity contribution in [2.75, 3.05) is 5.32 Å². The van der Waals surface area contributed by atoms with Crippen LogP contribution in [0.1, 0.15) is 16.1 Å². The molecule has 0 aliphatic rings. The van der Waals surface area contributed by atoms with Gasteiger partial charge < -0.3 is 10.3 Å². The van der Waals surface area contributed by atoms with E-state index in [1.54, 1.807) is 12.1 Å². The largest absolute Gasteiger partial charge is 0.353 e. The number of aryl methyl sites for hydroxylation is 1. The number of amides is 1. The van der Waals surface area contributed by atoms with Crippen molar-refractivity contribution in [1.82, 2.24) is 9.97 Å². The predicted octanol–water partition coefficient (Wildman–Crippen LogP) is 4.28. The summed E-state index contributed by atoms with van der Waals surface area (Å²) in [5.41, 5.74) is 4.40. The van der Waals surface area contributed by atoms with Crippen LogP contribution in [0, 0.1) is 6.92 Å². The molecule has 23 heavy (non-hydrogen) atoms. The Bertz CT molecular complexity index is 1020. The number of aromatic amines is 1. The first-order valence-corrected chi connectivity index (χ1v) is 7.46. The van der Waals surface area contributed by atoms with Gasteiger partial charge in [-0.3, -0.25) is 9.78 Å². The smallest absolute Gasteiger partial charge is 0.255 e. The Kier molecular flexibility index (Phi) is 3.08. The molecule has 2 heterocycles. The van der Waals surface area contributed by atoms with Crippen molar-refractivity contribution in [3.8, 4) is 0 Å². The van der Waals surface area contributed by atoms with E-state index in [-0.39, 0.29) is 5.91 Å². The van der Waals surface area contributed by atoms with Gasteiger partial charge >= 0.3 is 0 Å². The van der Waals surface area contributed by atoms with Crippen molar-refractivity contribution in [3.05, 3.63) is 72.1 Å². The summed E-state index contributed by atoms with van der Waals surface area (Å²) >= 11 is 0. The van der Waals surface area contributed by atoms with Crippen LogP contribution in [0.4, 0.5) is 5.69 Å². The molecule has 2 aromatic carbocycles. The molecule has 112 valence electrons. The number of carbonyl (C=O) groups excluding carboxylic acids is 1. The second kappa shape index (κ2) is 5.25. The maximum Gasteiger partial charge on any atom is 0.255 e. The lowest BCUT2D eigenvalue weighted by Gasteiger charge is -2.05. The summed E-state index contributed by atoms with van der Waals surface area (Å²) in [6.07, 6.45) is 1.82. The molecule has 0 aliphatic heterocycles. The highest BCUT2D eigenvalue weighted by molar-refractivity contribution is 6.10. The number of hydrogen-bond donors (Lipinski definition) is 2. The lowest BCUT2D eigenvalue weighted by molar-refractivity contribution is 0.102. The van der Waals surface area contributed by atoms with Crippen LogP contribution in [0.15, 0.2) is 60.8 Å². The minimum absolute atomic E-state index is 0.112. The number of H-pyrrole nitrogens is 1. The Morgan fingerprint density at radius 2 is 1.87 bits per heavy atom. The number of anilines is 1. The minimum Gasteiger partial charge on any atom is -0.353 e. The van der Waals surface area contributed by atoms with Crippen molar-refractivity contribution in [2.45, 2.75) is 6.92 Å². The first-order chi connectivity index (χ1) is 11.2. The summed E-state index contributed by atoms with van der Waals surface area (Å²) in [6, 6.07) is 17.1. The molecule has 0 radical (unpaired) electrons. The Labute approximate surface area is 133 Å². The van der Waals surface area contributed by atoms with Crippen LogP contribution < -0.4 is 5.32 Å². The fraction of sp³-hybridized carbons (Fsp3) is 0.0526. The molecular formula is C19H15N3O. The van der Waals surface area contributed by atoms with Crippen LogP contribution in [0.2, 0.25) is 0 Å². The molecule has 4 aromatic rings. The van der Waals surface area contributed by atoms with E-state index in [9.17, 15) is 4.79 Å². The zero-order valence-electron chi connectivity index (χ0n) is 12.6. The van der Waals surface area contributed by atoms with E-state index >= 15 is 0 Å². The number of carbonyl (C=O) groups is 1. The molecule has 0 atom stereocenters. The van der Waals surface area contributed by atoms with Crippen LogP contribution in [0.25, 0.3) is 21.8 Å². The molecule has 0 saturated carbocycles. The van der Waals surface area contributed by atoms with Crippen molar-refractivity contribution in [1.29, 1.82) is 0 Å². The van der Waals surface area contributed by atoms with Crippen molar-refractivity contribution < 1.29 is 4.79 Å². The summed E-state index contributed by atoms with van der Waals surface area (Å²) in [7, 11) is 0. The monoisotopic (exact) mass is 301 g/mol. The topological polar surface area (TPSA) is 57.8 Å². The first-order valence-electron chi connectivity index (χ1n) is 7.46. The minimum atomic E-state index is -0.112. The van der Waals surface area contributed by atoms with Gasteiger partial charge in [0.1, 0.15) is 0 Å². The first kappa shape index (κ1) is 13.5. The third-order valence-corrected chi connectivity index (χ3v) is 4.00. The lowest BCUT2D eigenvalue weighted by atomic mass is 10.1. The van der Waals surface area contributed by atoms with E-state index in [1.165, 1.54) is 0 Å². The molecule has 0 spiro atoms. The molecule has 2 aromatic heterocycles. The van der Waals surface area contributed by atoms with Crippen LogP contribution in [0.5, 0.6) is 0 Å². The summed E-state index contributed by atoms with van der Waals surface area (Å²) in [5, 5.41) is 5.21. The number of hydrogen-bond acceptors (Lipinski definition) is 2. The number of rotatable bonds is 2. The van der Waals surface area contributed by atoms with Gasteiger partial charge in [-0.05, 0) is 37.3 Å². The van der Waals surface area contributed by atoms with Gasteiger partial charge in [-0.1, -0.05) is 24.3 Å². The highest BCUT2D eigenvalue weighted by Crippen LogP contribution is 2.28. The number of benzene rings is 2. The standard InChI is InChI=1S/C19H15N3O/c1-12-18-16(9-10-20-12)15-8-7-14(11-17(15)22-18)21-19(23)13-5-3-2-4-6-13/h2-11,22H,1H3,(H,21,23). The average molecular weight is 301 g/mol. The Hall–Kier alpha value is -3.14.